The lowest BCUT2D eigenvalue weighted by Gasteiger charge is -2.18. The number of rotatable bonds is 9. The summed E-state index contributed by atoms with van der Waals surface area (Å²) in [6.07, 6.45) is 1.79. The normalized spacial score (nSPS) is 11.6. The Balaban J connectivity index is 1.74. The van der Waals surface area contributed by atoms with Crippen molar-refractivity contribution in [3.05, 3.63) is 99.1 Å². The predicted molar refractivity (Wildman–Crippen MR) is 147 cm³/mol. The topological polar surface area (TPSA) is 55.4 Å². The van der Waals surface area contributed by atoms with E-state index >= 15 is 0 Å². The quantitative estimate of drug-likeness (QED) is 0.194. The van der Waals surface area contributed by atoms with Crippen molar-refractivity contribution in [2.75, 3.05) is 12.4 Å². The summed E-state index contributed by atoms with van der Waals surface area (Å²) in [6.45, 7) is 6.00. The van der Waals surface area contributed by atoms with Crippen molar-refractivity contribution >= 4 is 46.2 Å². The van der Waals surface area contributed by atoms with Crippen molar-refractivity contribution in [2.45, 2.75) is 40.0 Å². The fourth-order valence-corrected chi connectivity index (χ4v) is 5.08. The van der Waals surface area contributed by atoms with Crippen molar-refractivity contribution in [1.29, 1.82) is 0 Å². The number of aryl methyl sites for hydroxylation is 3. The second-order valence-electron chi connectivity index (χ2n) is 8.60. The molecule has 0 radical (unpaired) electrons. The van der Waals surface area contributed by atoms with Crippen LogP contribution in [0.4, 0.5) is 5.69 Å². The van der Waals surface area contributed by atoms with Gasteiger partial charge < -0.3 is 10.1 Å². The number of thiocarbonyl (C=S) groups is 1. The number of anilines is 1. The van der Waals surface area contributed by atoms with Gasteiger partial charge in [-0.25, -0.2) is 0 Å². The second-order valence-corrected chi connectivity index (χ2v) is 9.50. The van der Waals surface area contributed by atoms with Crippen molar-refractivity contribution in [1.82, 2.24) is 0 Å². The Bertz CT molecular complexity index is 1220. The Morgan fingerprint density at radius 1 is 0.971 bits per heavy atom. The third kappa shape index (κ3) is 6.56. The molecule has 0 heterocycles. The lowest BCUT2D eigenvalue weighted by Crippen LogP contribution is -2.22. The molecule has 6 heteroatoms. The number of halogens is 1. The number of benzene rings is 3. The maximum Gasteiger partial charge on any atom is 0.309 e. The van der Waals surface area contributed by atoms with Crippen LogP contribution in [0.25, 0.3) is 0 Å². The van der Waals surface area contributed by atoms with Crippen LogP contribution in [0.1, 0.15) is 51.5 Å². The van der Waals surface area contributed by atoms with E-state index in [9.17, 15) is 9.59 Å². The van der Waals surface area contributed by atoms with Crippen LogP contribution < -0.4 is 5.32 Å². The minimum Gasteiger partial charge on any atom is -0.469 e. The van der Waals surface area contributed by atoms with Crippen LogP contribution in [0.5, 0.6) is 0 Å². The molecule has 0 aliphatic rings. The zero-order valence-corrected chi connectivity index (χ0v) is 22.1. The first-order chi connectivity index (χ1) is 16.7. The summed E-state index contributed by atoms with van der Waals surface area (Å²) < 4.78 is 5.09. The largest absolute Gasteiger partial charge is 0.469 e. The number of esters is 1. The van der Waals surface area contributed by atoms with Crippen molar-refractivity contribution in [3.63, 3.8) is 0 Å². The summed E-state index contributed by atoms with van der Waals surface area (Å²) in [5, 5.41) is 3.30. The summed E-state index contributed by atoms with van der Waals surface area (Å²) >= 11 is 12.0. The molecule has 3 aromatic carbocycles. The van der Waals surface area contributed by atoms with Gasteiger partial charge in [0, 0.05) is 10.6 Å². The number of carbonyl (C=O) groups is 2. The van der Waals surface area contributed by atoms with Gasteiger partial charge in [-0.2, -0.15) is 0 Å². The van der Waals surface area contributed by atoms with Crippen LogP contribution >= 0.6 is 23.8 Å². The summed E-state index contributed by atoms with van der Waals surface area (Å²) in [5.41, 5.74) is 6.24. The number of hydrogen-bond donors (Lipinski definition) is 1. The molecule has 0 aliphatic heterocycles. The van der Waals surface area contributed by atoms with Gasteiger partial charge in [-0.15, -0.1) is 0 Å². The van der Waals surface area contributed by atoms with E-state index in [1.807, 2.05) is 62.4 Å². The molecule has 0 spiro atoms. The van der Waals surface area contributed by atoms with Crippen LogP contribution in [-0.2, 0) is 22.4 Å². The first-order valence-electron chi connectivity index (χ1n) is 11.6. The molecule has 0 saturated carbocycles. The van der Waals surface area contributed by atoms with Gasteiger partial charge in [0.05, 0.1) is 23.6 Å². The molecule has 4 nitrogen and oxygen atoms in total. The monoisotopic (exact) mass is 507 g/mol. The predicted octanol–water partition coefficient (Wildman–Crippen LogP) is 6.91. The van der Waals surface area contributed by atoms with Crippen LogP contribution in [0.2, 0.25) is 5.02 Å². The van der Waals surface area contributed by atoms with Gasteiger partial charge >= 0.3 is 5.97 Å². The number of nitrogens with one attached hydrogen (secondary N) is 1. The molecule has 0 aromatic heterocycles. The van der Waals surface area contributed by atoms with Gasteiger partial charge in [0.15, 0.2) is 0 Å². The number of carbonyl (C=O) groups excluding carboxylic acids is 2. The molecule has 1 amide bonds. The molecule has 0 bridgehead atoms. The minimum absolute atomic E-state index is 0.261. The Morgan fingerprint density at radius 2 is 1.60 bits per heavy atom. The van der Waals surface area contributed by atoms with E-state index in [2.05, 4.69) is 18.3 Å². The van der Waals surface area contributed by atoms with Gasteiger partial charge in [-0.1, -0.05) is 73.2 Å². The second kappa shape index (κ2) is 12.1. The number of amides is 1. The molecule has 3 aromatic rings. The Kier molecular flexibility index (Phi) is 9.19. The summed E-state index contributed by atoms with van der Waals surface area (Å²) in [4.78, 5) is 26.1. The number of ether oxygens (including phenoxy) is 1. The minimum atomic E-state index is -0.400. The lowest BCUT2D eigenvalue weighted by atomic mass is 9.89. The molecule has 1 atom stereocenters. The average molecular weight is 508 g/mol. The molecule has 0 saturated heterocycles. The van der Waals surface area contributed by atoms with Gasteiger partial charge in [0.2, 0.25) is 0 Å². The average Bonchev–Trinajstić information content (AvgIpc) is 2.83. The molecule has 35 heavy (non-hydrogen) atoms. The molecule has 1 unspecified atom stereocenters. The van der Waals surface area contributed by atoms with Crippen LogP contribution in [0.3, 0.4) is 0 Å². The van der Waals surface area contributed by atoms with Crippen molar-refractivity contribution in [2.24, 2.45) is 5.92 Å². The molecular weight excluding hydrogens is 478 g/mol. The van der Waals surface area contributed by atoms with E-state index in [-0.39, 0.29) is 11.9 Å². The van der Waals surface area contributed by atoms with Crippen LogP contribution in [0, 0.1) is 19.8 Å². The zero-order valence-electron chi connectivity index (χ0n) is 20.5. The van der Waals surface area contributed by atoms with Crippen LogP contribution in [-0.4, -0.2) is 23.9 Å². The van der Waals surface area contributed by atoms with Crippen LogP contribution in [0.15, 0.2) is 60.7 Å². The molecule has 0 fully saturated rings. The fourth-order valence-electron chi connectivity index (χ4n) is 4.28. The molecule has 0 aliphatic carbocycles. The van der Waals surface area contributed by atoms with E-state index in [4.69, 9.17) is 28.6 Å². The van der Waals surface area contributed by atoms with Crippen molar-refractivity contribution < 1.29 is 14.3 Å². The maximum absolute atomic E-state index is 12.7. The summed E-state index contributed by atoms with van der Waals surface area (Å²) in [7, 11) is 1.40. The van der Waals surface area contributed by atoms with E-state index in [0.717, 1.165) is 33.5 Å². The molecule has 182 valence electrons. The smallest absolute Gasteiger partial charge is 0.309 e. The zero-order chi connectivity index (χ0) is 25.5. The lowest BCUT2D eigenvalue weighted by molar-refractivity contribution is -0.145. The highest BCUT2D eigenvalue weighted by Crippen LogP contribution is 2.25. The van der Waals surface area contributed by atoms with E-state index in [1.165, 1.54) is 12.7 Å². The molecule has 1 N–H and O–H groups in total. The first kappa shape index (κ1) is 26.6. The van der Waals surface area contributed by atoms with E-state index in [1.54, 1.807) is 6.07 Å². The SMILES string of the molecule is CCc1cccc(C)c1C(=S)CC(Cc1ccc(NC(=O)c2c(C)cccc2Cl)cc1)C(=O)OC. The number of methoxy groups -OCH3 is 1. The maximum atomic E-state index is 12.7. The highest BCUT2D eigenvalue weighted by molar-refractivity contribution is 7.80. The van der Waals surface area contributed by atoms with Gasteiger partial charge in [-0.05, 0) is 79.1 Å². The molecule has 3 rings (SSSR count). The van der Waals surface area contributed by atoms with E-state index in [0.29, 0.717) is 29.1 Å². The Hall–Kier alpha value is -3.02. The highest BCUT2D eigenvalue weighted by atomic mass is 35.5. The van der Waals surface area contributed by atoms with E-state index < -0.39 is 5.92 Å². The van der Waals surface area contributed by atoms with Gasteiger partial charge in [0.25, 0.3) is 5.91 Å². The summed E-state index contributed by atoms with van der Waals surface area (Å²) in [5.74, 6) is -0.947. The summed E-state index contributed by atoms with van der Waals surface area (Å²) in [6, 6.07) is 19.0. The Morgan fingerprint density at radius 3 is 2.20 bits per heavy atom. The highest BCUT2D eigenvalue weighted by Gasteiger charge is 2.24. The standard InChI is InChI=1S/C29H30ClNO3S/c1-5-21-10-6-8-18(2)26(21)25(35)17-22(29(33)34-4)16-20-12-14-23(15-13-20)31-28(32)27-19(3)9-7-11-24(27)30/h6-15,22H,5,16-17H2,1-4H3,(H,31,32). The third-order valence-corrected chi connectivity index (χ3v) is 6.81. The molecular formula is C29H30ClNO3S. The fraction of sp³-hybridized carbons (Fsp3) is 0.276. The Labute approximate surface area is 217 Å². The third-order valence-electron chi connectivity index (χ3n) is 6.13. The number of hydrogen-bond acceptors (Lipinski definition) is 4. The van der Waals surface area contributed by atoms with Gasteiger partial charge in [0.1, 0.15) is 0 Å². The van der Waals surface area contributed by atoms with Crippen molar-refractivity contribution in [3.8, 4) is 0 Å². The van der Waals surface area contributed by atoms with Gasteiger partial charge in [-0.3, -0.25) is 9.59 Å². The first-order valence-corrected chi connectivity index (χ1v) is 12.4.